The van der Waals surface area contributed by atoms with E-state index in [-0.39, 0.29) is 29.9 Å². The van der Waals surface area contributed by atoms with Gasteiger partial charge in [-0.1, -0.05) is 6.07 Å². The molecule has 1 aliphatic heterocycles. The number of hydrogen-bond acceptors (Lipinski definition) is 3. The molecule has 98 valence electrons. The number of carbonyl (C=O) groups is 2. The van der Waals surface area contributed by atoms with Gasteiger partial charge in [0.1, 0.15) is 6.04 Å². The lowest BCUT2D eigenvalue weighted by atomic mass is 9.96. The van der Waals surface area contributed by atoms with Crippen molar-refractivity contribution in [3.05, 3.63) is 30.6 Å². The van der Waals surface area contributed by atoms with Crippen LogP contribution in [0.4, 0.5) is 0 Å². The van der Waals surface area contributed by atoms with Crippen LogP contribution < -0.4 is 32.6 Å². The van der Waals surface area contributed by atoms with Crippen LogP contribution in [0.3, 0.4) is 0 Å². The third-order valence-electron chi connectivity index (χ3n) is 2.87. The van der Waals surface area contributed by atoms with Crippen molar-refractivity contribution in [1.82, 2.24) is 5.32 Å². The predicted octanol–water partition coefficient (Wildman–Crippen LogP) is -4.35. The van der Waals surface area contributed by atoms with E-state index in [9.17, 15) is 9.59 Å². The number of carboxylic acids is 1. The smallest absolute Gasteiger partial charge is 0.326 e. The Morgan fingerprint density at radius 2 is 2.11 bits per heavy atom. The fourth-order valence-corrected chi connectivity index (χ4v) is 1.96. The third kappa shape index (κ3) is 2.85. The molecule has 4 N–H and O–H groups in total. The van der Waals surface area contributed by atoms with Gasteiger partial charge < -0.3 is 33.1 Å². The Labute approximate surface area is 115 Å². The molecule has 2 atom stereocenters. The summed E-state index contributed by atoms with van der Waals surface area (Å²) in [6.45, 7) is 0.267. The number of carboxylic acid groups (broad SMARTS) is 1. The number of amides is 1. The molecular formula is C11H14BrN3O3. The first-order valence-corrected chi connectivity index (χ1v) is 5.28. The lowest BCUT2D eigenvalue weighted by molar-refractivity contribution is -0.701. The summed E-state index contributed by atoms with van der Waals surface area (Å²) in [6, 6.07) is 4.61. The number of pyridine rings is 1. The van der Waals surface area contributed by atoms with Crippen molar-refractivity contribution in [3.8, 4) is 0 Å². The summed E-state index contributed by atoms with van der Waals surface area (Å²) < 4.78 is 1.77. The Bertz CT molecular complexity index is 454. The molecule has 0 radical (unpaired) electrons. The average molecular weight is 316 g/mol. The summed E-state index contributed by atoms with van der Waals surface area (Å²) in [4.78, 5) is 22.5. The zero-order valence-electron chi connectivity index (χ0n) is 9.54. The minimum Gasteiger partial charge on any atom is -1.00 e. The molecule has 1 amide bonds. The Hall–Kier alpha value is -1.47. The van der Waals surface area contributed by atoms with Gasteiger partial charge in [-0.15, -0.1) is 0 Å². The van der Waals surface area contributed by atoms with Crippen LogP contribution in [0.5, 0.6) is 0 Å². The summed E-state index contributed by atoms with van der Waals surface area (Å²) in [7, 11) is 0. The molecule has 2 rings (SSSR count). The topological polar surface area (TPSA) is 96.3 Å². The maximum Gasteiger partial charge on any atom is 0.326 e. The van der Waals surface area contributed by atoms with Crippen LogP contribution in [0, 0.1) is 0 Å². The standard InChI is InChI=1S/C11H13N3O3.BrH/c12-11(7-14-4-2-1-3-5-14)6-8(9(15)16)13-10(11)17;/h1-5,8H,6-7,12H2,(H-,13,15,16,17);1H/t8-,11+;/m1./s1. The van der Waals surface area contributed by atoms with E-state index in [4.69, 9.17) is 10.8 Å². The van der Waals surface area contributed by atoms with E-state index < -0.39 is 23.5 Å². The molecular weight excluding hydrogens is 302 g/mol. The van der Waals surface area contributed by atoms with Crippen molar-refractivity contribution >= 4 is 11.9 Å². The van der Waals surface area contributed by atoms with Gasteiger partial charge in [-0.05, 0) is 0 Å². The molecule has 1 saturated heterocycles. The summed E-state index contributed by atoms with van der Waals surface area (Å²) in [5, 5.41) is 11.2. The number of aromatic nitrogens is 1. The predicted molar refractivity (Wildman–Crippen MR) is 57.7 cm³/mol. The maximum absolute atomic E-state index is 11.7. The molecule has 1 aromatic heterocycles. The van der Waals surface area contributed by atoms with Crippen LogP contribution in [0.15, 0.2) is 30.6 Å². The van der Waals surface area contributed by atoms with E-state index in [1.54, 1.807) is 17.0 Å². The van der Waals surface area contributed by atoms with Gasteiger partial charge in [-0.25, -0.2) is 9.36 Å². The van der Waals surface area contributed by atoms with E-state index in [1.807, 2.05) is 18.2 Å². The van der Waals surface area contributed by atoms with Crippen LogP contribution in [0.1, 0.15) is 6.42 Å². The monoisotopic (exact) mass is 315 g/mol. The Morgan fingerprint density at radius 3 is 2.61 bits per heavy atom. The normalized spacial score (nSPS) is 26.3. The second-order valence-electron chi connectivity index (χ2n) is 4.27. The molecule has 0 spiro atoms. The van der Waals surface area contributed by atoms with Gasteiger partial charge in [0, 0.05) is 18.6 Å². The highest BCUT2D eigenvalue weighted by Crippen LogP contribution is 2.18. The Morgan fingerprint density at radius 1 is 1.50 bits per heavy atom. The van der Waals surface area contributed by atoms with E-state index in [0.29, 0.717) is 0 Å². The van der Waals surface area contributed by atoms with Crippen LogP contribution in [-0.4, -0.2) is 28.6 Å². The van der Waals surface area contributed by atoms with Gasteiger partial charge in [-0.3, -0.25) is 4.79 Å². The minimum atomic E-state index is -1.16. The molecule has 18 heavy (non-hydrogen) atoms. The molecule has 1 aliphatic rings. The van der Waals surface area contributed by atoms with Gasteiger partial charge in [0.05, 0.1) is 0 Å². The third-order valence-corrected chi connectivity index (χ3v) is 2.87. The van der Waals surface area contributed by atoms with E-state index in [2.05, 4.69) is 5.32 Å². The molecule has 6 nitrogen and oxygen atoms in total. The minimum absolute atomic E-state index is 0. The summed E-state index contributed by atoms with van der Waals surface area (Å²) in [5.41, 5.74) is 4.81. The number of nitrogens with one attached hydrogen (secondary N) is 1. The van der Waals surface area contributed by atoms with Crippen molar-refractivity contribution in [1.29, 1.82) is 0 Å². The molecule has 0 aliphatic carbocycles. The number of rotatable bonds is 3. The van der Waals surface area contributed by atoms with Crippen LogP contribution in [0.25, 0.3) is 0 Å². The van der Waals surface area contributed by atoms with Crippen molar-refractivity contribution in [3.63, 3.8) is 0 Å². The number of carbonyl (C=O) groups excluding carboxylic acids is 1. The summed E-state index contributed by atoms with van der Waals surface area (Å²) in [6.07, 6.45) is 3.68. The van der Waals surface area contributed by atoms with E-state index in [1.165, 1.54) is 0 Å². The zero-order chi connectivity index (χ0) is 12.5. The summed E-state index contributed by atoms with van der Waals surface area (Å²) >= 11 is 0. The second kappa shape index (κ2) is 5.45. The van der Waals surface area contributed by atoms with Crippen molar-refractivity contribution in [2.75, 3.05) is 0 Å². The summed E-state index contributed by atoms with van der Waals surface area (Å²) in [5.74, 6) is -1.47. The number of nitrogens with two attached hydrogens (primary N) is 1. The number of halogens is 1. The molecule has 0 unspecified atom stereocenters. The number of aliphatic carboxylic acids is 1. The highest BCUT2D eigenvalue weighted by Gasteiger charge is 2.49. The molecule has 2 heterocycles. The van der Waals surface area contributed by atoms with Gasteiger partial charge in [0.15, 0.2) is 24.5 Å². The first kappa shape index (κ1) is 14.6. The first-order chi connectivity index (χ1) is 8.01. The van der Waals surface area contributed by atoms with Crippen LogP contribution in [-0.2, 0) is 16.1 Å². The molecule has 1 fully saturated rings. The highest BCUT2D eigenvalue weighted by atomic mass is 79.9. The van der Waals surface area contributed by atoms with Gasteiger partial charge in [0.25, 0.3) is 0 Å². The molecule has 1 aromatic rings. The molecule has 0 saturated carbocycles. The van der Waals surface area contributed by atoms with Crippen molar-refractivity contribution in [2.24, 2.45) is 5.73 Å². The number of hydrogen-bond donors (Lipinski definition) is 3. The average Bonchev–Trinajstić information content (AvgIpc) is 2.57. The molecule has 0 bridgehead atoms. The molecule has 0 aromatic carbocycles. The van der Waals surface area contributed by atoms with Crippen molar-refractivity contribution in [2.45, 2.75) is 24.5 Å². The first-order valence-electron chi connectivity index (χ1n) is 5.28. The lowest BCUT2D eigenvalue weighted by Crippen LogP contribution is -3.00. The van der Waals surface area contributed by atoms with Crippen molar-refractivity contribution < 1.29 is 36.2 Å². The van der Waals surface area contributed by atoms with Crippen LogP contribution >= 0.6 is 0 Å². The quantitative estimate of drug-likeness (QED) is 0.491. The SMILES string of the molecule is N[C@]1(C[n+]2ccccc2)C[C@H](C(=O)O)NC1=O.[Br-]. The second-order valence-corrected chi connectivity index (χ2v) is 4.27. The highest BCUT2D eigenvalue weighted by molar-refractivity contribution is 5.94. The largest absolute Gasteiger partial charge is 1.00 e. The lowest BCUT2D eigenvalue weighted by Gasteiger charge is -2.16. The zero-order valence-corrected chi connectivity index (χ0v) is 11.1. The maximum atomic E-state index is 11.7. The fraction of sp³-hybridized carbons (Fsp3) is 0.364. The fourth-order valence-electron chi connectivity index (χ4n) is 1.96. The Balaban J connectivity index is 0.00000162. The van der Waals surface area contributed by atoms with E-state index in [0.717, 1.165) is 0 Å². The van der Waals surface area contributed by atoms with Gasteiger partial charge in [-0.2, -0.15) is 0 Å². The van der Waals surface area contributed by atoms with E-state index >= 15 is 0 Å². The molecule has 7 heteroatoms. The van der Waals surface area contributed by atoms with Crippen LogP contribution in [0.2, 0.25) is 0 Å². The number of nitrogens with zero attached hydrogens (tertiary/aromatic N) is 1. The Kier molecular flexibility index (Phi) is 4.42. The van der Waals surface area contributed by atoms with Gasteiger partial charge in [0.2, 0.25) is 5.91 Å². The van der Waals surface area contributed by atoms with Gasteiger partial charge >= 0.3 is 5.97 Å².